The average molecular weight is 301 g/mol. The third kappa shape index (κ3) is 3.08. The van der Waals surface area contributed by atoms with Crippen molar-refractivity contribution < 1.29 is 19.1 Å². The first-order valence-corrected chi connectivity index (χ1v) is 6.17. The van der Waals surface area contributed by atoms with Crippen molar-refractivity contribution in [1.29, 1.82) is 0 Å². The molecule has 0 unspecified atom stereocenters. The SMILES string of the molecule is CC1(C)OC(=O)C(=Cc2ccc(Cl)c(Cl)c2)C(=O)O1. The quantitative estimate of drug-likeness (QED) is 0.454. The Morgan fingerprint density at radius 2 is 1.63 bits per heavy atom. The minimum atomic E-state index is -1.25. The Kier molecular flexibility index (Phi) is 3.56. The number of hydrogen-bond acceptors (Lipinski definition) is 4. The summed E-state index contributed by atoms with van der Waals surface area (Å²) < 4.78 is 9.95. The van der Waals surface area contributed by atoms with Crippen LogP contribution in [0, 0.1) is 0 Å². The van der Waals surface area contributed by atoms with Crippen LogP contribution in [0.4, 0.5) is 0 Å². The highest BCUT2D eigenvalue weighted by Crippen LogP contribution is 2.27. The fourth-order valence-corrected chi connectivity index (χ4v) is 1.85. The summed E-state index contributed by atoms with van der Waals surface area (Å²) in [5.74, 6) is -2.71. The van der Waals surface area contributed by atoms with Gasteiger partial charge in [0.15, 0.2) is 0 Å². The van der Waals surface area contributed by atoms with Crippen LogP contribution in [0.25, 0.3) is 6.08 Å². The molecule has 0 radical (unpaired) electrons. The molecule has 0 bridgehead atoms. The molecule has 0 aromatic heterocycles. The molecule has 1 aliphatic heterocycles. The summed E-state index contributed by atoms with van der Waals surface area (Å²) in [7, 11) is 0. The first-order chi connectivity index (χ1) is 8.78. The van der Waals surface area contributed by atoms with Crippen molar-refractivity contribution in [2.45, 2.75) is 19.6 Å². The summed E-state index contributed by atoms with van der Waals surface area (Å²) in [5, 5.41) is 0.715. The Labute approximate surface area is 119 Å². The maximum atomic E-state index is 11.7. The molecule has 1 heterocycles. The van der Waals surface area contributed by atoms with Crippen LogP contribution < -0.4 is 0 Å². The van der Waals surface area contributed by atoms with Gasteiger partial charge in [0.05, 0.1) is 10.0 Å². The van der Waals surface area contributed by atoms with E-state index in [1.54, 1.807) is 12.1 Å². The Hall–Kier alpha value is -1.52. The zero-order chi connectivity index (χ0) is 14.2. The monoisotopic (exact) mass is 300 g/mol. The van der Waals surface area contributed by atoms with Crippen LogP contribution in [0.5, 0.6) is 0 Å². The van der Waals surface area contributed by atoms with Gasteiger partial charge in [-0.1, -0.05) is 29.3 Å². The molecule has 4 nitrogen and oxygen atoms in total. The smallest absolute Gasteiger partial charge is 0.348 e. The third-order valence-electron chi connectivity index (χ3n) is 2.37. The van der Waals surface area contributed by atoms with E-state index in [9.17, 15) is 9.59 Å². The molecule has 1 aromatic carbocycles. The van der Waals surface area contributed by atoms with E-state index in [4.69, 9.17) is 32.7 Å². The van der Waals surface area contributed by atoms with Crippen LogP contribution in [0.15, 0.2) is 23.8 Å². The maximum Gasteiger partial charge on any atom is 0.348 e. The van der Waals surface area contributed by atoms with Gasteiger partial charge in [-0.25, -0.2) is 9.59 Å². The predicted octanol–water partition coefficient (Wildman–Crippen LogP) is 3.21. The van der Waals surface area contributed by atoms with E-state index in [0.29, 0.717) is 15.6 Å². The summed E-state index contributed by atoms with van der Waals surface area (Å²) in [4.78, 5) is 23.5. The van der Waals surface area contributed by atoms with E-state index >= 15 is 0 Å². The molecule has 0 spiro atoms. The van der Waals surface area contributed by atoms with Gasteiger partial charge in [-0.05, 0) is 23.8 Å². The molecule has 100 valence electrons. The summed E-state index contributed by atoms with van der Waals surface area (Å²) in [6, 6.07) is 4.73. The maximum absolute atomic E-state index is 11.7. The van der Waals surface area contributed by atoms with Crippen LogP contribution in [0.2, 0.25) is 10.0 Å². The molecule has 19 heavy (non-hydrogen) atoms. The molecule has 1 aromatic rings. The van der Waals surface area contributed by atoms with E-state index in [1.165, 1.54) is 26.0 Å². The number of hydrogen-bond donors (Lipinski definition) is 0. The van der Waals surface area contributed by atoms with Gasteiger partial charge in [-0.15, -0.1) is 0 Å². The normalized spacial score (nSPS) is 17.8. The Bertz CT molecular complexity index is 568. The summed E-state index contributed by atoms with van der Waals surface area (Å²) >= 11 is 11.6. The molecule has 0 N–H and O–H groups in total. The molecular weight excluding hydrogens is 291 g/mol. The molecule has 0 saturated carbocycles. The van der Waals surface area contributed by atoms with Crippen LogP contribution in [0.1, 0.15) is 19.4 Å². The molecule has 6 heteroatoms. The molecule has 0 atom stereocenters. The first kappa shape index (κ1) is 13.9. The van der Waals surface area contributed by atoms with Crippen LogP contribution in [-0.4, -0.2) is 17.7 Å². The van der Waals surface area contributed by atoms with Gasteiger partial charge in [-0.3, -0.25) is 0 Å². The van der Waals surface area contributed by atoms with Gasteiger partial charge < -0.3 is 9.47 Å². The van der Waals surface area contributed by atoms with Crippen LogP contribution in [-0.2, 0) is 19.1 Å². The molecule has 1 aliphatic rings. The lowest BCUT2D eigenvalue weighted by Gasteiger charge is -2.29. The topological polar surface area (TPSA) is 52.6 Å². The lowest BCUT2D eigenvalue weighted by Crippen LogP contribution is -2.41. The van der Waals surface area contributed by atoms with Crippen molar-refractivity contribution in [3.05, 3.63) is 39.4 Å². The van der Waals surface area contributed by atoms with E-state index in [2.05, 4.69) is 0 Å². The van der Waals surface area contributed by atoms with Crippen LogP contribution >= 0.6 is 23.2 Å². The van der Waals surface area contributed by atoms with Gasteiger partial charge in [-0.2, -0.15) is 0 Å². The lowest BCUT2D eigenvalue weighted by atomic mass is 10.1. The predicted molar refractivity (Wildman–Crippen MR) is 70.7 cm³/mol. The zero-order valence-corrected chi connectivity index (χ0v) is 11.7. The van der Waals surface area contributed by atoms with E-state index in [1.807, 2.05) is 0 Å². The zero-order valence-electron chi connectivity index (χ0n) is 10.2. The molecule has 2 rings (SSSR count). The van der Waals surface area contributed by atoms with Gasteiger partial charge in [0, 0.05) is 13.8 Å². The van der Waals surface area contributed by atoms with Crippen molar-refractivity contribution in [1.82, 2.24) is 0 Å². The molecular formula is C13H10Cl2O4. The first-order valence-electron chi connectivity index (χ1n) is 5.42. The molecule has 1 saturated heterocycles. The fourth-order valence-electron chi connectivity index (χ4n) is 1.55. The van der Waals surface area contributed by atoms with Crippen molar-refractivity contribution in [3.63, 3.8) is 0 Å². The second-order valence-corrected chi connectivity index (χ2v) is 5.22. The second kappa shape index (κ2) is 4.87. The Morgan fingerprint density at radius 3 is 2.16 bits per heavy atom. The standard InChI is InChI=1S/C13H10Cl2O4/c1-13(2)18-11(16)8(12(17)19-13)5-7-3-4-9(14)10(15)6-7/h3-6H,1-2H3. The molecule has 0 aliphatic carbocycles. The van der Waals surface area contributed by atoms with Crippen molar-refractivity contribution in [3.8, 4) is 0 Å². The Balaban J connectivity index is 2.35. The van der Waals surface area contributed by atoms with Crippen molar-refractivity contribution >= 4 is 41.2 Å². The highest BCUT2D eigenvalue weighted by atomic mass is 35.5. The number of halogens is 2. The van der Waals surface area contributed by atoms with Gasteiger partial charge in [0.1, 0.15) is 5.57 Å². The van der Waals surface area contributed by atoms with E-state index in [-0.39, 0.29) is 5.57 Å². The molecule has 0 amide bonds. The lowest BCUT2D eigenvalue weighted by molar-refractivity contribution is -0.222. The average Bonchev–Trinajstić information content (AvgIpc) is 2.27. The van der Waals surface area contributed by atoms with Crippen LogP contribution in [0.3, 0.4) is 0 Å². The van der Waals surface area contributed by atoms with Crippen molar-refractivity contribution in [2.24, 2.45) is 0 Å². The highest BCUT2D eigenvalue weighted by Gasteiger charge is 2.38. The number of benzene rings is 1. The largest absolute Gasteiger partial charge is 0.419 e. The number of rotatable bonds is 1. The summed E-state index contributed by atoms with van der Waals surface area (Å²) in [6.07, 6.45) is 1.35. The molecule has 1 fully saturated rings. The number of carbonyl (C=O) groups is 2. The third-order valence-corrected chi connectivity index (χ3v) is 3.11. The minimum Gasteiger partial charge on any atom is -0.419 e. The second-order valence-electron chi connectivity index (χ2n) is 4.41. The minimum absolute atomic E-state index is 0.183. The van der Waals surface area contributed by atoms with Gasteiger partial charge in [0.25, 0.3) is 5.79 Å². The number of carbonyl (C=O) groups excluding carboxylic acids is 2. The van der Waals surface area contributed by atoms with E-state index < -0.39 is 17.7 Å². The van der Waals surface area contributed by atoms with E-state index in [0.717, 1.165) is 0 Å². The highest BCUT2D eigenvalue weighted by molar-refractivity contribution is 6.42. The van der Waals surface area contributed by atoms with Gasteiger partial charge in [0.2, 0.25) is 0 Å². The number of cyclic esters (lactones) is 2. The number of ether oxygens (including phenoxy) is 2. The Morgan fingerprint density at radius 1 is 1.05 bits per heavy atom. The number of esters is 2. The summed E-state index contributed by atoms with van der Waals surface area (Å²) in [5.41, 5.74) is 0.371. The fraction of sp³-hybridized carbons (Fsp3) is 0.231. The van der Waals surface area contributed by atoms with Crippen molar-refractivity contribution in [2.75, 3.05) is 0 Å². The van der Waals surface area contributed by atoms with Gasteiger partial charge >= 0.3 is 11.9 Å². The summed E-state index contributed by atoms with van der Waals surface area (Å²) in [6.45, 7) is 2.97.